The number of anilines is 1. The summed E-state index contributed by atoms with van der Waals surface area (Å²) in [6.45, 7) is 6.01. The molecule has 260 valence electrons. The topological polar surface area (TPSA) is 145 Å². The number of amides is 2. The summed E-state index contributed by atoms with van der Waals surface area (Å²) >= 11 is 10.8. The normalized spacial score (nSPS) is 33.1. The summed E-state index contributed by atoms with van der Waals surface area (Å²) in [6.07, 6.45) is 1.39. The molecule has 0 radical (unpaired) electrons. The Balaban J connectivity index is 1.74. The highest BCUT2D eigenvalue weighted by molar-refractivity contribution is 7.80. The molecule has 3 heterocycles. The van der Waals surface area contributed by atoms with Crippen LogP contribution in [-0.2, 0) is 39.7 Å². The van der Waals surface area contributed by atoms with Crippen molar-refractivity contribution in [3.8, 4) is 5.75 Å². The number of nitrogens with zero attached hydrogens (tertiary/aromatic N) is 1. The molecule has 0 aromatic heterocycles. The van der Waals surface area contributed by atoms with Crippen molar-refractivity contribution in [2.75, 3.05) is 45.1 Å². The van der Waals surface area contributed by atoms with Gasteiger partial charge in [-0.25, -0.2) is 4.79 Å². The van der Waals surface area contributed by atoms with Crippen molar-refractivity contribution < 1.29 is 47.9 Å². The zero-order valence-corrected chi connectivity index (χ0v) is 29.3. The summed E-state index contributed by atoms with van der Waals surface area (Å²) in [5.74, 6) is -0.504. The third kappa shape index (κ3) is 8.62. The number of thiol groups is 1. The molecule has 3 aliphatic heterocycles. The van der Waals surface area contributed by atoms with E-state index in [1.807, 2.05) is 26.0 Å². The van der Waals surface area contributed by atoms with Gasteiger partial charge in [0.15, 0.2) is 5.72 Å². The third-order valence-corrected chi connectivity index (χ3v) is 9.47. The number of methoxy groups -OCH3 is 2. The Morgan fingerprint density at radius 3 is 2.68 bits per heavy atom. The molecular formula is C33H45ClN2O10S. The van der Waals surface area contributed by atoms with Crippen molar-refractivity contribution in [1.29, 1.82) is 0 Å². The standard InChI is InChI=1S/C33H45ClN2O10S/c1-19-8-7-9-25(42-6)33(40)18-24(44-31(39)35-33)20(2)30-32(3,46-30)26(45-28(38)10-11-43-12-13-47)17-27(37)36(4)22-15-21(14-19)16-23(41-5)29(22)34/h7-9,15-16,20,24-26,30,40,47H,10-14,17-18H2,1-6H3,(H,35,39)/b9-7+,19-8+. The zero-order valence-electron chi connectivity index (χ0n) is 27.6. The van der Waals surface area contributed by atoms with E-state index in [0.717, 1.165) is 11.1 Å². The number of carbonyl (C=O) groups excluding carboxylic acids is 3. The van der Waals surface area contributed by atoms with Crippen LogP contribution in [-0.4, -0.2) is 99.1 Å². The van der Waals surface area contributed by atoms with Crippen molar-refractivity contribution in [3.05, 3.63) is 46.5 Å². The molecular weight excluding hydrogens is 652 g/mol. The molecule has 2 N–H and O–H groups in total. The first-order valence-electron chi connectivity index (χ1n) is 15.5. The van der Waals surface area contributed by atoms with Gasteiger partial charge in [0.05, 0.1) is 45.0 Å². The fraction of sp³-hybridized carbons (Fsp3) is 0.606. The van der Waals surface area contributed by atoms with Crippen LogP contribution in [0.3, 0.4) is 0 Å². The van der Waals surface area contributed by atoms with E-state index in [-0.39, 0.29) is 36.8 Å². The SMILES string of the molecule is COc1cc2cc(c1Cl)N(C)C(=O)CC(OC(=O)CCOCCS)C1(C)OC1C(C)C1CC(O)(NC(=O)O1)C(OC)/C=C/C=C(\C)C2. The number of nitrogens with one attached hydrogen (secondary N) is 1. The van der Waals surface area contributed by atoms with Crippen molar-refractivity contribution >= 4 is 47.9 Å². The fourth-order valence-corrected chi connectivity index (χ4v) is 6.59. The number of ether oxygens (including phenoxy) is 6. The Morgan fingerprint density at radius 1 is 1.26 bits per heavy atom. The van der Waals surface area contributed by atoms with Crippen molar-refractivity contribution in [3.63, 3.8) is 0 Å². The summed E-state index contributed by atoms with van der Waals surface area (Å²) < 4.78 is 34.3. The van der Waals surface area contributed by atoms with Gasteiger partial charge in [0.25, 0.3) is 0 Å². The maximum Gasteiger partial charge on any atom is 0.409 e. The molecule has 2 saturated heterocycles. The highest BCUT2D eigenvalue weighted by Crippen LogP contribution is 2.49. The number of fused-ring (bicyclic) bond motifs is 5. The monoisotopic (exact) mass is 696 g/mol. The molecule has 7 atom stereocenters. The van der Waals surface area contributed by atoms with Crippen molar-refractivity contribution in [2.45, 2.75) is 82.2 Å². The minimum Gasteiger partial charge on any atom is -0.495 e. The maximum absolute atomic E-state index is 13.9. The number of halogens is 1. The fourth-order valence-electron chi connectivity index (χ4n) is 6.15. The lowest BCUT2D eigenvalue weighted by Gasteiger charge is -2.42. The minimum atomic E-state index is -1.79. The first-order valence-corrected chi connectivity index (χ1v) is 16.5. The third-order valence-electron chi connectivity index (χ3n) is 8.91. The Hall–Kier alpha value is -2.81. The second kappa shape index (κ2) is 15.6. The second-order valence-corrected chi connectivity index (χ2v) is 13.2. The Morgan fingerprint density at radius 2 is 2.00 bits per heavy atom. The molecule has 0 aliphatic carbocycles. The van der Waals surface area contributed by atoms with Gasteiger partial charge in [-0.05, 0) is 38.0 Å². The van der Waals surface area contributed by atoms with Crippen LogP contribution in [0.1, 0.15) is 45.6 Å². The number of epoxide rings is 1. The van der Waals surface area contributed by atoms with Gasteiger partial charge < -0.3 is 38.4 Å². The number of rotatable bonds is 8. The van der Waals surface area contributed by atoms with Crippen molar-refractivity contribution in [1.82, 2.24) is 5.32 Å². The number of aliphatic hydroxyl groups is 1. The van der Waals surface area contributed by atoms with Gasteiger partial charge in [0, 0.05) is 32.2 Å². The molecule has 14 heteroatoms. The van der Waals surface area contributed by atoms with Gasteiger partial charge in [-0.3, -0.25) is 14.9 Å². The highest BCUT2D eigenvalue weighted by Gasteiger charge is 2.64. The van der Waals surface area contributed by atoms with Gasteiger partial charge in [-0.1, -0.05) is 42.3 Å². The molecule has 0 saturated carbocycles. The minimum absolute atomic E-state index is 0.0138. The quantitative estimate of drug-likeness (QED) is 0.158. The molecule has 12 nitrogen and oxygen atoms in total. The first-order chi connectivity index (χ1) is 22.3. The smallest absolute Gasteiger partial charge is 0.409 e. The number of alkyl carbamates (subject to hydrolysis) is 1. The Kier molecular flexibility index (Phi) is 12.3. The average molecular weight is 697 g/mol. The molecule has 3 aliphatic rings. The van der Waals surface area contributed by atoms with Gasteiger partial charge in [0.1, 0.15) is 34.7 Å². The van der Waals surface area contributed by atoms with Gasteiger partial charge >= 0.3 is 12.1 Å². The molecule has 2 amide bonds. The lowest BCUT2D eigenvalue weighted by atomic mass is 9.83. The molecule has 1 aromatic carbocycles. The van der Waals surface area contributed by atoms with Crippen LogP contribution in [0.15, 0.2) is 35.9 Å². The van der Waals surface area contributed by atoms with E-state index in [0.29, 0.717) is 30.2 Å². The van der Waals surface area contributed by atoms with Gasteiger partial charge in [-0.15, -0.1) is 0 Å². The molecule has 7 unspecified atom stereocenters. The Labute approximate surface area is 286 Å². The van der Waals surface area contributed by atoms with Crippen molar-refractivity contribution in [2.24, 2.45) is 5.92 Å². The first kappa shape index (κ1) is 37.0. The lowest BCUT2D eigenvalue weighted by molar-refractivity contribution is -0.155. The molecule has 4 bridgehead atoms. The van der Waals surface area contributed by atoms with Crippen LogP contribution < -0.4 is 15.0 Å². The molecule has 2 fully saturated rings. The summed E-state index contributed by atoms with van der Waals surface area (Å²) in [5.41, 5.74) is -0.689. The highest BCUT2D eigenvalue weighted by atomic mass is 35.5. The van der Waals surface area contributed by atoms with E-state index in [9.17, 15) is 19.5 Å². The zero-order chi connectivity index (χ0) is 34.5. The summed E-state index contributed by atoms with van der Waals surface area (Å²) in [4.78, 5) is 41.0. The van der Waals surface area contributed by atoms with E-state index in [2.05, 4.69) is 17.9 Å². The molecule has 0 spiro atoms. The van der Waals surface area contributed by atoms with Crippen LogP contribution in [0, 0.1) is 5.92 Å². The number of allylic oxidation sites excluding steroid dienone is 3. The maximum atomic E-state index is 13.9. The molecule has 1 aromatic rings. The van der Waals surface area contributed by atoms with E-state index in [4.69, 9.17) is 40.0 Å². The van der Waals surface area contributed by atoms with Gasteiger partial charge in [-0.2, -0.15) is 12.6 Å². The van der Waals surface area contributed by atoms with Crippen LogP contribution >= 0.6 is 24.2 Å². The lowest BCUT2D eigenvalue weighted by Crippen LogP contribution is -2.63. The van der Waals surface area contributed by atoms with Crippen LogP contribution in [0.4, 0.5) is 10.5 Å². The van der Waals surface area contributed by atoms with Crippen LogP contribution in [0.2, 0.25) is 5.02 Å². The predicted molar refractivity (Wildman–Crippen MR) is 178 cm³/mol. The Bertz CT molecular complexity index is 1390. The van der Waals surface area contributed by atoms with E-state index in [1.165, 1.54) is 19.1 Å². The predicted octanol–water partition coefficient (Wildman–Crippen LogP) is 4.00. The number of carbonyl (C=O) groups is 3. The van der Waals surface area contributed by atoms with E-state index >= 15 is 0 Å². The molecule has 47 heavy (non-hydrogen) atoms. The molecule has 4 rings (SSSR count). The number of hydrogen-bond acceptors (Lipinski definition) is 11. The van der Waals surface area contributed by atoms with Gasteiger partial charge in [0.2, 0.25) is 5.91 Å². The second-order valence-electron chi connectivity index (χ2n) is 12.4. The van der Waals surface area contributed by atoms with Crippen LogP contribution in [0.25, 0.3) is 0 Å². The summed E-state index contributed by atoms with van der Waals surface area (Å²) in [5, 5.41) is 14.4. The number of benzene rings is 1. The summed E-state index contributed by atoms with van der Waals surface area (Å²) in [6, 6.07) is 3.62. The van der Waals surface area contributed by atoms with E-state index in [1.54, 1.807) is 32.2 Å². The largest absolute Gasteiger partial charge is 0.495 e. The van der Waals surface area contributed by atoms with Crippen LogP contribution in [0.5, 0.6) is 5.75 Å². The summed E-state index contributed by atoms with van der Waals surface area (Å²) in [7, 11) is 4.54. The number of hydrogen-bond donors (Lipinski definition) is 3. The van der Waals surface area contributed by atoms with E-state index < -0.39 is 53.7 Å². The average Bonchev–Trinajstić information content (AvgIpc) is 3.72. The number of esters is 1.